The lowest BCUT2D eigenvalue weighted by Gasteiger charge is -2.39. The molecule has 0 saturated heterocycles. The van der Waals surface area contributed by atoms with E-state index in [4.69, 9.17) is 5.73 Å². The highest BCUT2D eigenvalue weighted by Crippen LogP contribution is 2.65. The second kappa shape index (κ2) is 5.43. The third-order valence-corrected chi connectivity index (χ3v) is 6.24. The molecule has 0 aromatic rings. The third-order valence-electron chi connectivity index (χ3n) is 6.24. The van der Waals surface area contributed by atoms with Crippen molar-refractivity contribution in [3.63, 3.8) is 0 Å². The molecule has 0 aliphatic heterocycles. The molecule has 3 atom stereocenters. The van der Waals surface area contributed by atoms with Gasteiger partial charge in [0.25, 0.3) is 0 Å². The molecule has 0 spiro atoms. The number of carbonyl (C=O) groups excluding carboxylic acids is 1. The molecule has 2 aliphatic rings. The van der Waals surface area contributed by atoms with Crippen LogP contribution in [0.25, 0.3) is 0 Å². The van der Waals surface area contributed by atoms with Crippen LogP contribution in [0.15, 0.2) is 0 Å². The molecule has 3 unspecified atom stereocenters. The topological polar surface area (TPSA) is 55.1 Å². The van der Waals surface area contributed by atoms with Crippen molar-refractivity contribution >= 4 is 5.91 Å². The van der Waals surface area contributed by atoms with E-state index in [-0.39, 0.29) is 5.91 Å². The van der Waals surface area contributed by atoms with E-state index in [1.807, 2.05) is 0 Å². The monoisotopic (exact) mass is 266 g/mol. The van der Waals surface area contributed by atoms with E-state index in [2.05, 4.69) is 26.1 Å². The lowest BCUT2D eigenvalue weighted by atomic mass is 9.69. The molecule has 3 heteroatoms. The summed E-state index contributed by atoms with van der Waals surface area (Å²) >= 11 is 0. The molecular formula is C16H30N2O. The summed E-state index contributed by atoms with van der Waals surface area (Å²) in [6.45, 7) is 7.88. The zero-order chi connectivity index (χ0) is 14.1. The van der Waals surface area contributed by atoms with Gasteiger partial charge in [-0.3, -0.25) is 4.79 Å². The highest BCUT2D eigenvalue weighted by Gasteiger charge is 2.61. The van der Waals surface area contributed by atoms with Gasteiger partial charge in [-0.05, 0) is 55.4 Å². The van der Waals surface area contributed by atoms with Gasteiger partial charge in [0.1, 0.15) is 0 Å². The van der Waals surface area contributed by atoms with Crippen LogP contribution in [-0.2, 0) is 4.79 Å². The van der Waals surface area contributed by atoms with E-state index in [9.17, 15) is 4.79 Å². The summed E-state index contributed by atoms with van der Waals surface area (Å²) in [5.74, 6) is 1.03. The minimum atomic E-state index is 0.242. The van der Waals surface area contributed by atoms with Crippen molar-refractivity contribution in [3.05, 3.63) is 0 Å². The number of hydrogen-bond acceptors (Lipinski definition) is 2. The van der Waals surface area contributed by atoms with Crippen LogP contribution >= 0.6 is 0 Å². The maximum atomic E-state index is 12.0. The van der Waals surface area contributed by atoms with Gasteiger partial charge in [0, 0.05) is 12.5 Å². The Hall–Kier alpha value is -0.570. The minimum Gasteiger partial charge on any atom is -0.353 e. The van der Waals surface area contributed by atoms with Crippen LogP contribution in [0, 0.1) is 16.7 Å². The fourth-order valence-electron chi connectivity index (χ4n) is 4.30. The molecule has 1 amide bonds. The molecule has 0 heterocycles. The average Bonchev–Trinajstić information content (AvgIpc) is 2.68. The number of fused-ring (bicyclic) bond motifs is 2. The number of rotatable bonds is 6. The summed E-state index contributed by atoms with van der Waals surface area (Å²) in [4.78, 5) is 12.0. The van der Waals surface area contributed by atoms with Crippen LogP contribution in [0.2, 0.25) is 0 Å². The second-order valence-corrected chi connectivity index (χ2v) is 7.33. The highest BCUT2D eigenvalue weighted by atomic mass is 16.1. The normalized spacial score (nSPS) is 35.6. The molecule has 19 heavy (non-hydrogen) atoms. The van der Waals surface area contributed by atoms with Crippen LogP contribution in [0.5, 0.6) is 0 Å². The van der Waals surface area contributed by atoms with E-state index in [0.29, 0.717) is 23.3 Å². The molecule has 0 aromatic heterocycles. The minimum absolute atomic E-state index is 0.242. The molecule has 3 N–H and O–H groups in total. The van der Waals surface area contributed by atoms with Crippen LogP contribution < -0.4 is 11.1 Å². The van der Waals surface area contributed by atoms with E-state index in [0.717, 1.165) is 31.7 Å². The Balaban J connectivity index is 1.83. The lowest BCUT2D eigenvalue weighted by Crippen LogP contribution is -2.46. The summed E-state index contributed by atoms with van der Waals surface area (Å²) in [5.41, 5.74) is 6.14. The molecule has 110 valence electrons. The van der Waals surface area contributed by atoms with Crippen molar-refractivity contribution in [1.82, 2.24) is 5.32 Å². The number of amides is 1. The number of unbranched alkanes of at least 4 members (excludes halogenated alkanes) is 2. The Morgan fingerprint density at radius 3 is 2.53 bits per heavy atom. The van der Waals surface area contributed by atoms with Gasteiger partial charge >= 0.3 is 0 Å². The molecule has 0 radical (unpaired) electrons. The zero-order valence-electron chi connectivity index (χ0n) is 12.8. The van der Waals surface area contributed by atoms with E-state index < -0.39 is 0 Å². The van der Waals surface area contributed by atoms with Gasteiger partial charge in [0.15, 0.2) is 0 Å². The summed E-state index contributed by atoms with van der Waals surface area (Å²) in [6, 6.07) is 0.392. The predicted octanol–water partition coefficient (Wildman–Crippen LogP) is 2.84. The maximum Gasteiger partial charge on any atom is 0.220 e. The van der Waals surface area contributed by atoms with Crippen molar-refractivity contribution in [1.29, 1.82) is 0 Å². The van der Waals surface area contributed by atoms with Gasteiger partial charge in [-0.2, -0.15) is 0 Å². The molecule has 2 aliphatic carbocycles. The Morgan fingerprint density at radius 1 is 1.26 bits per heavy atom. The van der Waals surface area contributed by atoms with Crippen LogP contribution in [-0.4, -0.2) is 18.5 Å². The first-order valence-electron chi connectivity index (χ1n) is 7.91. The smallest absolute Gasteiger partial charge is 0.220 e. The number of hydrogen-bond donors (Lipinski definition) is 2. The van der Waals surface area contributed by atoms with Crippen LogP contribution in [0.3, 0.4) is 0 Å². The van der Waals surface area contributed by atoms with Crippen molar-refractivity contribution in [2.75, 3.05) is 6.54 Å². The van der Waals surface area contributed by atoms with E-state index in [1.165, 1.54) is 19.3 Å². The van der Waals surface area contributed by atoms with Gasteiger partial charge < -0.3 is 11.1 Å². The molecule has 0 aromatic carbocycles. The number of nitrogens with one attached hydrogen (secondary N) is 1. The summed E-state index contributed by atoms with van der Waals surface area (Å²) < 4.78 is 0. The zero-order valence-corrected chi connectivity index (χ0v) is 12.8. The first-order chi connectivity index (χ1) is 8.91. The van der Waals surface area contributed by atoms with E-state index in [1.54, 1.807) is 0 Å². The van der Waals surface area contributed by atoms with Gasteiger partial charge in [0.05, 0.1) is 0 Å². The lowest BCUT2D eigenvalue weighted by molar-refractivity contribution is -0.123. The number of carbonyl (C=O) groups is 1. The highest BCUT2D eigenvalue weighted by molar-refractivity contribution is 5.76. The summed E-state index contributed by atoms with van der Waals surface area (Å²) in [6.07, 6.45) is 7.52. The maximum absolute atomic E-state index is 12.0. The van der Waals surface area contributed by atoms with Gasteiger partial charge in [0.2, 0.25) is 5.91 Å². The molecule has 2 bridgehead atoms. The average molecular weight is 266 g/mol. The van der Waals surface area contributed by atoms with Crippen molar-refractivity contribution < 1.29 is 4.79 Å². The van der Waals surface area contributed by atoms with Crippen molar-refractivity contribution in [3.8, 4) is 0 Å². The van der Waals surface area contributed by atoms with Crippen LogP contribution in [0.1, 0.15) is 65.7 Å². The van der Waals surface area contributed by atoms with Gasteiger partial charge in [-0.1, -0.05) is 27.2 Å². The van der Waals surface area contributed by atoms with Gasteiger partial charge in [-0.25, -0.2) is 0 Å². The molecular weight excluding hydrogens is 236 g/mol. The molecule has 2 fully saturated rings. The van der Waals surface area contributed by atoms with Crippen LogP contribution in [0.4, 0.5) is 0 Å². The fraction of sp³-hybridized carbons (Fsp3) is 0.938. The third kappa shape index (κ3) is 2.54. The fourth-order valence-corrected chi connectivity index (χ4v) is 4.30. The second-order valence-electron chi connectivity index (χ2n) is 7.33. The molecule has 2 saturated carbocycles. The predicted molar refractivity (Wildman–Crippen MR) is 78.7 cm³/mol. The summed E-state index contributed by atoms with van der Waals surface area (Å²) in [5, 5.41) is 3.31. The summed E-state index contributed by atoms with van der Waals surface area (Å²) in [7, 11) is 0. The Kier molecular flexibility index (Phi) is 4.24. The quantitative estimate of drug-likeness (QED) is 0.726. The van der Waals surface area contributed by atoms with Crippen molar-refractivity contribution in [2.45, 2.75) is 71.8 Å². The van der Waals surface area contributed by atoms with Crippen molar-refractivity contribution in [2.24, 2.45) is 22.5 Å². The first-order valence-corrected chi connectivity index (χ1v) is 7.91. The van der Waals surface area contributed by atoms with E-state index >= 15 is 0 Å². The SMILES string of the molecule is CC1(C)C2CCC1(C)C(NC(=O)CCCCCN)C2. The largest absolute Gasteiger partial charge is 0.353 e. The molecule has 3 nitrogen and oxygen atoms in total. The Morgan fingerprint density at radius 2 is 2.00 bits per heavy atom. The van der Waals surface area contributed by atoms with Gasteiger partial charge in [-0.15, -0.1) is 0 Å². The number of nitrogens with two attached hydrogens (primary N) is 1. The Labute approximate surface area is 117 Å². The molecule has 2 rings (SSSR count). The standard InChI is InChI=1S/C16H30N2O/c1-15(2)12-8-9-16(15,3)13(11-12)18-14(19)7-5-4-6-10-17/h12-13H,4-11,17H2,1-3H3,(H,18,19). The Bertz CT molecular complexity index is 340. The first kappa shape index (κ1) is 14.8.